The van der Waals surface area contributed by atoms with E-state index in [-0.39, 0.29) is 12.3 Å². The van der Waals surface area contributed by atoms with Gasteiger partial charge in [-0.1, -0.05) is 35.4 Å². The van der Waals surface area contributed by atoms with Gasteiger partial charge in [0.1, 0.15) is 0 Å². The van der Waals surface area contributed by atoms with Crippen molar-refractivity contribution in [3.05, 3.63) is 47.7 Å². The Morgan fingerprint density at radius 1 is 1.13 bits per heavy atom. The van der Waals surface area contributed by atoms with Crippen molar-refractivity contribution in [2.75, 3.05) is 20.3 Å². The van der Waals surface area contributed by atoms with Gasteiger partial charge in [0.05, 0.1) is 32.6 Å². The average Bonchev–Trinajstić information content (AvgIpc) is 2.56. The second-order valence-corrected chi connectivity index (χ2v) is 4.51. The lowest BCUT2D eigenvalue weighted by Gasteiger charge is -2.05. The first kappa shape index (κ1) is 18.5. The second-order valence-electron chi connectivity index (χ2n) is 4.51. The molecule has 0 aliphatic rings. The highest BCUT2D eigenvalue weighted by Crippen LogP contribution is 2.01. The normalized spacial score (nSPS) is 11.5. The summed E-state index contributed by atoms with van der Waals surface area (Å²) in [6.07, 6.45) is 0.911. The molecular formula is C16H20N2O5. The summed E-state index contributed by atoms with van der Waals surface area (Å²) in [6, 6.07) is 9.81. The zero-order valence-corrected chi connectivity index (χ0v) is 13.2. The smallest absolute Gasteiger partial charge is 0.452 e. The minimum atomic E-state index is -0.832. The number of carbonyl (C=O) groups is 2. The molecule has 1 amide bonds. The Hall–Kier alpha value is -2.54. The standard InChI is InChI=1S/C16H20N2O5/c1-13(17-18-16(20)21-2)11-15(19)23-10-6-9-22-12-14-7-4-3-5-8-14/h3-5,7-8,11H,6,9-10,12H2,1-2H3/b13-11+,18-17?. The monoisotopic (exact) mass is 320 g/mol. The van der Waals surface area contributed by atoms with Crippen LogP contribution < -0.4 is 0 Å². The van der Waals surface area contributed by atoms with E-state index < -0.39 is 12.1 Å². The number of allylic oxidation sites excluding steroid dienone is 1. The van der Waals surface area contributed by atoms with E-state index in [1.54, 1.807) is 0 Å². The van der Waals surface area contributed by atoms with Crippen LogP contribution in [-0.4, -0.2) is 32.4 Å². The van der Waals surface area contributed by atoms with Crippen LogP contribution in [0.1, 0.15) is 18.9 Å². The number of hydrogen-bond acceptors (Lipinski definition) is 6. The van der Waals surface area contributed by atoms with E-state index in [4.69, 9.17) is 9.47 Å². The summed E-state index contributed by atoms with van der Waals surface area (Å²) in [6.45, 7) is 2.79. The van der Waals surface area contributed by atoms with Gasteiger partial charge in [-0.2, -0.15) is 0 Å². The zero-order chi connectivity index (χ0) is 16.9. The van der Waals surface area contributed by atoms with Gasteiger partial charge in [-0.25, -0.2) is 9.59 Å². The second kappa shape index (κ2) is 11.1. The summed E-state index contributed by atoms with van der Waals surface area (Å²) in [5.41, 5.74) is 1.35. The molecule has 7 heteroatoms. The van der Waals surface area contributed by atoms with E-state index >= 15 is 0 Å². The van der Waals surface area contributed by atoms with Crippen LogP contribution in [0.15, 0.2) is 52.3 Å². The Balaban J connectivity index is 2.14. The number of rotatable bonds is 8. The minimum Gasteiger partial charge on any atom is -0.462 e. The van der Waals surface area contributed by atoms with Crippen LogP contribution in [0.4, 0.5) is 4.79 Å². The van der Waals surface area contributed by atoms with E-state index in [1.165, 1.54) is 14.0 Å². The molecule has 0 aliphatic carbocycles. The molecule has 1 aromatic rings. The SMILES string of the molecule is COC(=O)N=N/C(C)=C/C(=O)OCCCOCc1ccccc1. The molecule has 0 spiro atoms. The molecule has 124 valence electrons. The Morgan fingerprint density at radius 2 is 1.87 bits per heavy atom. The van der Waals surface area contributed by atoms with E-state index in [0.29, 0.717) is 19.6 Å². The Kier molecular flexibility index (Phi) is 8.92. The quantitative estimate of drug-likeness (QED) is 0.317. The van der Waals surface area contributed by atoms with Crippen LogP contribution in [0.3, 0.4) is 0 Å². The molecule has 0 unspecified atom stereocenters. The van der Waals surface area contributed by atoms with E-state index in [0.717, 1.165) is 11.6 Å². The number of methoxy groups -OCH3 is 1. The van der Waals surface area contributed by atoms with Crippen LogP contribution in [0, 0.1) is 0 Å². The lowest BCUT2D eigenvalue weighted by molar-refractivity contribution is -0.138. The molecule has 0 aromatic heterocycles. The molecule has 1 rings (SSSR count). The van der Waals surface area contributed by atoms with Crippen molar-refractivity contribution in [1.82, 2.24) is 0 Å². The number of benzene rings is 1. The maximum absolute atomic E-state index is 11.5. The molecule has 0 fully saturated rings. The predicted octanol–water partition coefficient (Wildman–Crippen LogP) is 3.26. The summed E-state index contributed by atoms with van der Waals surface area (Å²) in [4.78, 5) is 22.2. The van der Waals surface area contributed by atoms with Crippen molar-refractivity contribution in [3.8, 4) is 0 Å². The van der Waals surface area contributed by atoms with Crippen LogP contribution >= 0.6 is 0 Å². The molecule has 0 radical (unpaired) electrons. The van der Waals surface area contributed by atoms with Gasteiger partial charge >= 0.3 is 12.1 Å². The van der Waals surface area contributed by atoms with Crippen LogP contribution in [-0.2, 0) is 25.6 Å². The predicted molar refractivity (Wildman–Crippen MR) is 82.7 cm³/mol. The van der Waals surface area contributed by atoms with Crippen molar-refractivity contribution in [2.24, 2.45) is 10.2 Å². The fourth-order valence-corrected chi connectivity index (χ4v) is 1.50. The molecule has 0 saturated heterocycles. The van der Waals surface area contributed by atoms with Gasteiger partial charge in [0.25, 0.3) is 0 Å². The maximum Gasteiger partial charge on any atom is 0.452 e. The number of hydrogen-bond donors (Lipinski definition) is 0. The fraction of sp³-hybridized carbons (Fsp3) is 0.375. The molecule has 7 nitrogen and oxygen atoms in total. The van der Waals surface area contributed by atoms with Gasteiger partial charge in [0.2, 0.25) is 0 Å². The molecule has 0 bridgehead atoms. The first-order valence-corrected chi connectivity index (χ1v) is 7.08. The number of azo groups is 1. The number of amides is 1. The Morgan fingerprint density at radius 3 is 2.57 bits per heavy atom. The van der Waals surface area contributed by atoms with E-state index in [9.17, 15) is 9.59 Å². The highest BCUT2D eigenvalue weighted by atomic mass is 16.5. The first-order chi connectivity index (χ1) is 11.1. The number of carbonyl (C=O) groups excluding carboxylic acids is 2. The molecule has 0 saturated carbocycles. The lowest BCUT2D eigenvalue weighted by atomic mass is 10.2. The Bertz CT molecular complexity index is 555. The number of esters is 1. The molecule has 0 atom stereocenters. The lowest BCUT2D eigenvalue weighted by Crippen LogP contribution is -2.06. The fourth-order valence-electron chi connectivity index (χ4n) is 1.50. The largest absolute Gasteiger partial charge is 0.462 e. The van der Waals surface area contributed by atoms with Gasteiger partial charge < -0.3 is 14.2 Å². The summed E-state index contributed by atoms with van der Waals surface area (Å²) in [5, 5.41) is 6.73. The van der Waals surface area contributed by atoms with Crippen LogP contribution in [0.5, 0.6) is 0 Å². The Labute approximate surface area is 135 Å². The highest BCUT2D eigenvalue weighted by Gasteiger charge is 2.01. The van der Waals surface area contributed by atoms with E-state index in [1.807, 2.05) is 30.3 Å². The van der Waals surface area contributed by atoms with Crippen molar-refractivity contribution in [2.45, 2.75) is 20.0 Å². The van der Waals surface area contributed by atoms with E-state index in [2.05, 4.69) is 15.0 Å². The minimum absolute atomic E-state index is 0.242. The van der Waals surface area contributed by atoms with Gasteiger partial charge in [0, 0.05) is 12.5 Å². The molecule has 0 heterocycles. The number of nitrogens with zero attached hydrogens (tertiary/aromatic N) is 2. The molecule has 0 N–H and O–H groups in total. The molecular weight excluding hydrogens is 300 g/mol. The van der Waals surface area contributed by atoms with Gasteiger partial charge in [-0.05, 0) is 12.5 Å². The highest BCUT2D eigenvalue weighted by molar-refractivity contribution is 5.82. The third kappa shape index (κ3) is 9.15. The molecule has 1 aromatic carbocycles. The molecule has 0 aliphatic heterocycles. The third-order valence-corrected chi connectivity index (χ3v) is 2.58. The first-order valence-electron chi connectivity index (χ1n) is 7.08. The summed E-state index contributed by atoms with van der Waals surface area (Å²) >= 11 is 0. The molecule has 23 heavy (non-hydrogen) atoms. The topological polar surface area (TPSA) is 86.6 Å². The van der Waals surface area contributed by atoms with Crippen molar-refractivity contribution < 1.29 is 23.8 Å². The zero-order valence-electron chi connectivity index (χ0n) is 13.2. The van der Waals surface area contributed by atoms with Crippen molar-refractivity contribution in [3.63, 3.8) is 0 Å². The summed E-state index contributed by atoms with van der Waals surface area (Å²) in [7, 11) is 1.19. The summed E-state index contributed by atoms with van der Waals surface area (Å²) in [5.74, 6) is -0.547. The number of ether oxygens (including phenoxy) is 3. The average molecular weight is 320 g/mol. The van der Waals surface area contributed by atoms with Crippen LogP contribution in [0.25, 0.3) is 0 Å². The third-order valence-electron chi connectivity index (χ3n) is 2.58. The summed E-state index contributed by atoms with van der Waals surface area (Å²) < 4.78 is 14.7. The van der Waals surface area contributed by atoms with Crippen molar-refractivity contribution >= 4 is 12.1 Å². The van der Waals surface area contributed by atoms with Gasteiger partial charge in [-0.3, -0.25) is 0 Å². The van der Waals surface area contributed by atoms with Gasteiger partial charge in [0.15, 0.2) is 0 Å². The van der Waals surface area contributed by atoms with Crippen LogP contribution in [0.2, 0.25) is 0 Å². The maximum atomic E-state index is 11.5. The van der Waals surface area contributed by atoms with Crippen molar-refractivity contribution in [1.29, 1.82) is 0 Å². The van der Waals surface area contributed by atoms with Gasteiger partial charge in [-0.15, -0.1) is 5.11 Å².